The molecule has 0 aromatic rings. The van der Waals surface area contributed by atoms with Gasteiger partial charge in [0.25, 0.3) is 0 Å². The van der Waals surface area contributed by atoms with Crippen molar-refractivity contribution >= 4 is 11.6 Å². The summed E-state index contributed by atoms with van der Waals surface area (Å²) >= 11 is 0. The minimum atomic E-state index is -2.20. The van der Waals surface area contributed by atoms with E-state index < -0.39 is 52.6 Å². The quantitative estimate of drug-likeness (QED) is 0.705. The van der Waals surface area contributed by atoms with Crippen molar-refractivity contribution in [1.82, 2.24) is 0 Å². The SMILES string of the molecule is CC(C)OCC(=O)[C@H]1[C@H](O)C[C@H]2[C@@H]3C[C@H](F)C4=CC(=O)C=C[C@]4(C)[C@@]3(F)[C@@H](O)C[C@@]21C. The highest BCUT2D eigenvalue weighted by molar-refractivity contribution is 6.01. The van der Waals surface area contributed by atoms with Gasteiger partial charge in [-0.25, -0.2) is 8.78 Å². The van der Waals surface area contributed by atoms with Crippen molar-refractivity contribution in [2.75, 3.05) is 6.61 Å². The molecule has 172 valence electrons. The maximum Gasteiger partial charge on any atom is 0.178 e. The third-order valence-electron chi connectivity index (χ3n) is 8.56. The van der Waals surface area contributed by atoms with Crippen LogP contribution in [0.25, 0.3) is 0 Å². The Morgan fingerprint density at radius 3 is 2.58 bits per heavy atom. The number of aliphatic hydroxyl groups is 2. The van der Waals surface area contributed by atoms with Crippen molar-refractivity contribution in [3.8, 4) is 0 Å². The van der Waals surface area contributed by atoms with Gasteiger partial charge in [0.05, 0.1) is 24.2 Å². The van der Waals surface area contributed by atoms with Crippen LogP contribution >= 0.6 is 0 Å². The van der Waals surface area contributed by atoms with E-state index in [1.165, 1.54) is 19.1 Å². The van der Waals surface area contributed by atoms with Gasteiger partial charge >= 0.3 is 0 Å². The van der Waals surface area contributed by atoms with Crippen LogP contribution in [0.3, 0.4) is 0 Å². The summed E-state index contributed by atoms with van der Waals surface area (Å²) in [6.45, 7) is 6.79. The van der Waals surface area contributed by atoms with Crippen molar-refractivity contribution < 1.29 is 33.3 Å². The van der Waals surface area contributed by atoms with Gasteiger partial charge < -0.3 is 14.9 Å². The van der Waals surface area contributed by atoms with Crippen LogP contribution < -0.4 is 0 Å². The largest absolute Gasteiger partial charge is 0.392 e. The van der Waals surface area contributed by atoms with Gasteiger partial charge in [-0.2, -0.15) is 0 Å². The van der Waals surface area contributed by atoms with E-state index in [1.807, 2.05) is 13.8 Å². The molecule has 4 aliphatic carbocycles. The normalized spacial score (nSPS) is 48.8. The molecule has 0 unspecified atom stereocenters. The molecule has 4 rings (SSSR count). The zero-order chi connectivity index (χ0) is 22.9. The molecule has 0 aliphatic heterocycles. The molecule has 9 atom stereocenters. The molecule has 0 amide bonds. The third kappa shape index (κ3) is 3.03. The second-order valence-electron chi connectivity index (χ2n) is 10.6. The molecule has 7 heteroatoms. The summed E-state index contributed by atoms with van der Waals surface area (Å²) < 4.78 is 37.7. The predicted octanol–water partition coefficient (Wildman–Crippen LogP) is 2.89. The zero-order valence-corrected chi connectivity index (χ0v) is 18.5. The zero-order valence-electron chi connectivity index (χ0n) is 18.5. The number of ketones is 2. The smallest absolute Gasteiger partial charge is 0.178 e. The fraction of sp³-hybridized carbons (Fsp3) is 0.750. The van der Waals surface area contributed by atoms with Gasteiger partial charge in [-0.05, 0) is 69.1 Å². The Hall–Kier alpha value is -1.44. The standard InChI is InChI=1S/C24H32F2O5/c1-12(2)31-11-19(29)21-18(28)9-14-15-8-17(25)16-7-13(27)5-6-23(16,4)24(15,26)20(30)10-22(14,21)3/h5-7,12,14-15,17-18,20-21,28,30H,8-11H2,1-4H3/t14-,15-,17-,18+,20-,21+,22-,23-,24-/m0/s1. The number of allylic oxidation sites excluding steroid dienone is 4. The number of halogens is 2. The van der Waals surface area contributed by atoms with Crippen molar-refractivity contribution in [3.05, 3.63) is 23.8 Å². The maximum atomic E-state index is 16.9. The molecular formula is C24H32F2O5. The van der Waals surface area contributed by atoms with E-state index in [2.05, 4.69) is 0 Å². The van der Waals surface area contributed by atoms with Gasteiger partial charge in [-0.15, -0.1) is 0 Å². The topological polar surface area (TPSA) is 83.8 Å². The highest BCUT2D eigenvalue weighted by Crippen LogP contribution is 2.69. The van der Waals surface area contributed by atoms with Crippen LogP contribution in [-0.4, -0.2) is 58.5 Å². The Kier molecular flexibility index (Phi) is 5.35. The van der Waals surface area contributed by atoms with E-state index >= 15 is 8.78 Å². The number of fused-ring (bicyclic) bond motifs is 5. The van der Waals surface area contributed by atoms with Crippen LogP contribution in [0.2, 0.25) is 0 Å². The first-order chi connectivity index (χ1) is 14.4. The predicted molar refractivity (Wildman–Crippen MR) is 110 cm³/mol. The molecule has 0 spiro atoms. The lowest BCUT2D eigenvalue weighted by Crippen LogP contribution is -2.68. The number of rotatable bonds is 4. The lowest BCUT2D eigenvalue weighted by Gasteiger charge is -2.62. The number of carbonyl (C=O) groups excluding carboxylic acids is 2. The number of hydrogen-bond donors (Lipinski definition) is 2. The Labute approximate surface area is 181 Å². The molecule has 3 saturated carbocycles. The summed E-state index contributed by atoms with van der Waals surface area (Å²) in [6.07, 6.45) is -0.420. The first-order valence-corrected chi connectivity index (χ1v) is 11.1. The molecule has 4 aliphatic rings. The minimum absolute atomic E-state index is 0.0264. The van der Waals surface area contributed by atoms with Gasteiger partial charge in [0.2, 0.25) is 0 Å². The van der Waals surface area contributed by atoms with Gasteiger partial charge in [-0.1, -0.05) is 13.0 Å². The highest BCUT2D eigenvalue weighted by Gasteiger charge is 2.73. The molecule has 0 bridgehead atoms. The van der Waals surface area contributed by atoms with Crippen molar-refractivity contribution in [2.24, 2.45) is 28.6 Å². The van der Waals surface area contributed by atoms with Crippen LogP contribution in [0.4, 0.5) is 8.78 Å². The maximum absolute atomic E-state index is 16.9. The summed E-state index contributed by atoms with van der Waals surface area (Å²) in [6, 6.07) is 0. The van der Waals surface area contributed by atoms with Crippen LogP contribution in [0, 0.1) is 28.6 Å². The average Bonchev–Trinajstić information content (AvgIpc) is 2.94. The molecule has 0 aromatic carbocycles. The van der Waals surface area contributed by atoms with Gasteiger partial charge in [0.15, 0.2) is 17.2 Å². The van der Waals surface area contributed by atoms with Gasteiger partial charge in [0, 0.05) is 11.3 Å². The van der Waals surface area contributed by atoms with Gasteiger partial charge in [-0.3, -0.25) is 9.59 Å². The molecule has 31 heavy (non-hydrogen) atoms. The van der Waals surface area contributed by atoms with E-state index in [9.17, 15) is 19.8 Å². The van der Waals surface area contributed by atoms with E-state index in [4.69, 9.17) is 4.74 Å². The van der Waals surface area contributed by atoms with Gasteiger partial charge in [0.1, 0.15) is 12.8 Å². The van der Waals surface area contributed by atoms with Crippen LogP contribution in [0.1, 0.15) is 47.0 Å². The van der Waals surface area contributed by atoms with E-state index in [0.717, 1.165) is 6.08 Å². The van der Waals surface area contributed by atoms with Crippen LogP contribution in [-0.2, 0) is 14.3 Å². The average molecular weight is 439 g/mol. The highest BCUT2D eigenvalue weighted by atomic mass is 19.1. The Morgan fingerprint density at radius 1 is 1.26 bits per heavy atom. The number of Topliss-reactive ketones (excluding diaryl/α,β-unsaturated/α-hetero) is 1. The number of ether oxygens (including phenoxy) is 1. The first-order valence-electron chi connectivity index (χ1n) is 11.1. The third-order valence-corrected chi connectivity index (χ3v) is 8.56. The summed E-state index contributed by atoms with van der Waals surface area (Å²) in [5.41, 5.74) is -4.47. The molecule has 0 heterocycles. The molecule has 5 nitrogen and oxygen atoms in total. The van der Waals surface area contributed by atoms with Crippen molar-refractivity contribution in [3.63, 3.8) is 0 Å². The summed E-state index contributed by atoms with van der Waals surface area (Å²) in [5, 5.41) is 22.0. The lowest BCUT2D eigenvalue weighted by molar-refractivity contribution is -0.202. The molecule has 0 saturated heterocycles. The summed E-state index contributed by atoms with van der Waals surface area (Å²) in [5.74, 6) is -2.84. The van der Waals surface area contributed by atoms with Crippen LogP contribution in [0.15, 0.2) is 23.8 Å². The summed E-state index contributed by atoms with van der Waals surface area (Å²) in [7, 11) is 0. The van der Waals surface area contributed by atoms with Crippen molar-refractivity contribution in [1.29, 1.82) is 0 Å². The molecular weight excluding hydrogens is 406 g/mol. The Balaban J connectivity index is 1.74. The monoisotopic (exact) mass is 438 g/mol. The van der Waals surface area contributed by atoms with Crippen molar-refractivity contribution in [2.45, 2.75) is 77.1 Å². The fourth-order valence-electron chi connectivity index (χ4n) is 7.14. The second-order valence-corrected chi connectivity index (χ2v) is 10.6. The second kappa shape index (κ2) is 7.29. The number of alkyl halides is 2. The van der Waals surface area contributed by atoms with E-state index in [-0.39, 0.29) is 49.1 Å². The van der Waals surface area contributed by atoms with E-state index in [0.29, 0.717) is 0 Å². The van der Waals surface area contributed by atoms with Crippen LogP contribution in [0.5, 0.6) is 0 Å². The molecule has 3 fully saturated rings. The fourth-order valence-corrected chi connectivity index (χ4v) is 7.14. The number of aliphatic hydroxyl groups excluding tert-OH is 2. The Morgan fingerprint density at radius 2 is 1.94 bits per heavy atom. The minimum Gasteiger partial charge on any atom is -0.392 e. The Bertz CT molecular complexity index is 853. The number of carbonyl (C=O) groups is 2. The lowest BCUT2D eigenvalue weighted by atomic mass is 9.45. The number of hydrogen-bond acceptors (Lipinski definition) is 5. The molecule has 0 aromatic heterocycles. The molecule has 0 radical (unpaired) electrons. The van der Waals surface area contributed by atoms with E-state index in [1.54, 1.807) is 6.92 Å². The first kappa shape index (κ1) is 22.7. The molecule has 2 N–H and O–H groups in total. The summed E-state index contributed by atoms with van der Waals surface area (Å²) in [4.78, 5) is 24.8.